The van der Waals surface area contributed by atoms with E-state index in [0.29, 0.717) is 125 Å². The summed E-state index contributed by atoms with van der Waals surface area (Å²) in [6.45, 7) is 22.6. The first-order chi connectivity index (χ1) is 52.9. The lowest BCUT2D eigenvalue weighted by Crippen LogP contribution is -2.59. The van der Waals surface area contributed by atoms with E-state index in [1.807, 2.05) is 30.3 Å². The van der Waals surface area contributed by atoms with Crippen molar-refractivity contribution in [1.82, 2.24) is 16.0 Å². The second kappa shape index (κ2) is 35.8. The summed E-state index contributed by atoms with van der Waals surface area (Å²) in [5.74, 6) is 5.18. The number of hydrogen-bond acceptors (Lipinski definition) is 17. The number of carbonyl (C=O) groups is 5. The van der Waals surface area contributed by atoms with Gasteiger partial charge in [-0.25, -0.2) is 4.79 Å². The Morgan fingerprint density at radius 2 is 0.708 bits per heavy atom. The molecule has 642 valence electrons. The lowest BCUT2D eigenvalue weighted by atomic mass is 9.43. The van der Waals surface area contributed by atoms with Gasteiger partial charge in [0, 0.05) is 57.7 Å². The molecule has 12 aliphatic rings. The predicted molar refractivity (Wildman–Crippen MR) is 430 cm³/mol. The van der Waals surface area contributed by atoms with Crippen molar-refractivity contribution in [2.24, 2.45) is 139 Å². The minimum atomic E-state index is -4.10. The van der Waals surface area contributed by atoms with E-state index in [-0.39, 0.29) is 124 Å². The van der Waals surface area contributed by atoms with E-state index in [0.717, 1.165) is 167 Å². The minimum Gasteiger partial charge on any atom is -0.462 e. The molecule has 13 rings (SSSR count). The summed E-state index contributed by atoms with van der Waals surface area (Å²) in [6.07, 6.45) is 26.2. The molecule has 0 spiro atoms. The zero-order valence-corrected chi connectivity index (χ0v) is 71.8. The highest BCUT2D eigenvalue weighted by atomic mass is 32.2. The standard InChI is InChI=1S/C33H49NO7S.C28H47NO7S.C26H45NO6S/c1-21(9-12-29(36)34-17-18-42(38,39)40)25-10-11-26-30-27(14-16-33(25,26)3)32(2)15-13-24(35)19-23(32)20-28(30)41-31(37)22-7-5-4-6-8-22;1-17(5-8-25(32)29-13-14-37(33,34)35)21-6-7-22-26-23(10-12-28(21,22)4)27(3)11-9-20(31)15-19(27)16-24(26)36-18(2)30;1-16(4-7-23(30)27-12-13-34(31,32)33)19-5-6-20-24-21(9-11-26(19,20)3)25(2)10-8-18(28)14-17(25)15-22(24)29/h4-8,21,23-28,30,35H,9-20H2,1-3H3,(H,34,36)(H,38,39,40);17,19-24,26,31H,5-16H2,1-4H3,(H,29,32)(H,33,34,35);16-22,24,28-29H,4-15H2,1-3H3,(H,27,30)(H,31,32,33)/t21-,23?,24-,25-,26+,27+,28+,30+,32+,33-;17-,19?,20-,21-,22+,23+,24+,26+,27+,28-;16-,17?,18-,19-,20+,21+,22+,24+,25+,26-/m111/s1. The smallest absolute Gasteiger partial charge is 0.338 e. The van der Waals surface area contributed by atoms with E-state index in [4.69, 9.17) is 23.1 Å². The third-order valence-electron chi connectivity index (χ3n) is 34.3. The number of carbonyl (C=O) groups excluding carboxylic acids is 5. The van der Waals surface area contributed by atoms with Crippen LogP contribution in [0.1, 0.15) is 272 Å². The van der Waals surface area contributed by atoms with E-state index in [9.17, 15) is 69.7 Å². The quantitative estimate of drug-likeness (QED) is 0.0339. The number of esters is 2. The lowest BCUT2D eigenvalue weighted by Gasteiger charge is -2.62. The second-order valence-electron chi connectivity index (χ2n) is 40.1. The van der Waals surface area contributed by atoms with Crippen molar-refractivity contribution in [3.8, 4) is 0 Å². The SMILES string of the molecule is CC(=O)O[C@H]1CC2C[C@H](O)CC[C@]2(C)[C@H]2CC[C@]3(C)[C@@H]([C@H](C)CCC(=O)NCCS(=O)(=O)O)CC[C@H]3[C@H]12.C[C@H](CCC(=O)NCCS(=O)(=O)O)[C@H]1CC[C@H]2[C@@H]3[C@@H](O)CC4C[C@H](O)CC[C@]4(C)[C@H]3CC[C@]12C.C[C@H](CCC(=O)NCCS(=O)(=O)O)[C@H]1CC[C@H]2[C@@H]3[C@@H](OC(=O)c4ccccc4)CC4C[C@H](O)CC[C@]4(C)[C@H]3CC[C@]12C. The van der Waals surface area contributed by atoms with Crippen molar-refractivity contribution < 1.29 is 92.8 Å². The molecule has 113 heavy (non-hydrogen) atoms. The van der Waals surface area contributed by atoms with Crippen molar-refractivity contribution in [3.63, 3.8) is 0 Å². The summed E-state index contributed by atoms with van der Waals surface area (Å²) < 4.78 is 104. The van der Waals surface area contributed by atoms with Crippen LogP contribution < -0.4 is 16.0 Å². The van der Waals surface area contributed by atoms with E-state index in [2.05, 4.69) is 78.3 Å². The molecule has 0 bridgehead atoms. The van der Waals surface area contributed by atoms with Crippen LogP contribution in [0.2, 0.25) is 0 Å². The normalized spacial score (nSPS) is 41.7. The molecule has 0 aliphatic heterocycles. The van der Waals surface area contributed by atoms with Gasteiger partial charge in [0.05, 0.1) is 47.2 Å². The highest BCUT2D eigenvalue weighted by Crippen LogP contribution is 2.73. The third-order valence-corrected chi connectivity index (χ3v) is 36.5. The molecule has 1 aromatic carbocycles. The van der Waals surface area contributed by atoms with Crippen molar-refractivity contribution >= 4 is 60.0 Å². The molecule has 30 atom stereocenters. The Morgan fingerprint density at radius 1 is 0.407 bits per heavy atom. The number of aliphatic hydroxyl groups is 4. The Balaban J connectivity index is 0.000000168. The first-order valence-electron chi connectivity index (χ1n) is 43.7. The number of rotatable bonds is 24. The number of hydrogen-bond donors (Lipinski definition) is 10. The van der Waals surface area contributed by atoms with E-state index in [1.54, 1.807) is 0 Å². The second-order valence-corrected chi connectivity index (χ2v) is 44.9. The van der Waals surface area contributed by atoms with Crippen molar-refractivity contribution in [2.75, 3.05) is 36.9 Å². The maximum Gasteiger partial charge on any atom is 0.338 e. The zero-order chi connectivity index (χ0) is 82.3. The van der Waals surface area contributed by atoms with Gasteiger partial charge in [-0.15, -0.1) is 0 Å². The highest BCUT2D eigenvalue weighted by Gasteiger charge is 2.67. The number of benzene rings is 1. The molecule has 3 unspecified atom stereocenters. The molecule has 3 amide bonds. The van der Waals surface area contributed by atoms with Gasteiger partial charge in [-0.05, 0) is 313 Å². The summed E-state index contributed by atoms with van der Waals surface area (Å²) in [5, 5.41) is 50.4. The van der Waals surface area contributed by atoms with Gasteiger partial charge in [0.1, 0.15) is 12.2 Å². The summed E-state index contributed by atoms with van der Waals surface area (Å²) in [7, 11) is -12.2. The van der Waals surface area contributed by atoms with Crippen LogP contribution in [0.25, 0.3) is 0 Å². The molecule has 1 aromatic rings. The molecule has 0 saturated heterocycles. The van der Waals surface area contributed by atoms with Crippen LogP contribution in [0.5, 0.6) is 0 Å². The van der Waals surface area contributed by atoms with Crippen LogP contribution >= 0.6 is 0 Å². The van der Waals surface area contributed by atoms with E-state index < -0.39 is 47.6 Å². The van der Waals surface area contributed by atoms with E-state index >= 15 is 0 Å². The van der Waals surface area contributed by atoms with Crippen molar-refractivity contribution in [2.45, 2.75) is 298 Å². The summed E-state index contributed by atoms with van der Waals surface area (Å²) >= 11 is 0. The molecular weight excluding hydrogens is 1500 g/mol. The fraction of sp³-hybridized carbons (Fsp3) is 0.874. The average Bonchev–Trinajstić information content (AvgIpc) is 1.69. The molecule has 12 aliphatic carbocycles. The van der Waals surface area contributed by atoms with Crippen molar-refractivity contribution in [1.29, 1.82) is 0 Å². The van der Waals surface area contributed by atoms with Gasteiger partial charge in [-0.2, -0.15) is 25.3 Å². The highest BCUT2D eigenvalue weighted by molar-refractivity contribution is 7.86. The topological polar surface area (TPSA) is 384 Å². The van der Waals surface area contributed by atoms with Gasteiger partial charge in [-0.1, -0.05) is 80.5 Å². The van der Waals surface area contributed by atoms with Crippen LogP contribution in [0.15, 0.2) is 30.3 Å². The largest absolute Gasteiger partial charge is 0.462 e. The van der Waals surface area contributed by atoms with Crippen LogP contribution in [0.4, 0.5) is 0 Å². The molecule has 12 saturated carbocycles. The van der Waals surface area contributed by atoms with Crippen LogP contribution in [0.3, 0.4) is 0 Å². The first kappa shape index (κ1) is 89.9. The lowest BCUT2D eigenvalue weighted by molar-refractivity contribution is -0.194. The molecular formula is C87H141N3O20S3. The van der Waals surface area contributed by atoms with Gasteiger partial charge < -0.3 is 45.9 Å². The molecule has 0 heterocycles. The molecule has 0 aromatic heterocycles. The summed E-state index contributed by atoms with van der Waals surface area (Å²) in [6, 6.07) is 9.26. The van der Waals surface area contributed by atoms with Crippen LogP contribution in [0, 0.1) is 139 Å². The number of fused-ring (bicyclic) bond motifs is 15. The number of nitrogens with one attached hydrogen (secondary N) is 3. The van der Waals surface area contributed by atoms with Gasteiger partial charge in [0.15, 0.2) is 0 Å². The maximum atomic E-state index is 13.4. The summed E-state index contributed by atoms with van der Waals surface area (Å²) in [5.41, 5.74) is 1.55. The zero-order valence-electron chi connectivity index (χ0n) is 69.4. The Hall–Kier alpha value is -3.86. The minimum absolute atomic E-state index is 0.0625. The van der Waals surface area contributed by atoms with Gasteiger partial charge in [-0.3, -0.25) is 32.8 Å². The predicted octanol–water partition coefficient (Wildman–Crippen LogP) is 12.6. The fourth-order valence-corrected chi connectivity index (χ4v) is 29.7. The molecule has 10 N–H and O–H groups in total. The van der Waals surface area contributed by atoms with Crippen LogP contribution in [-0.4, -0.2) is 163 Å². The molecule has 0 radical (unpaired) electrons. The number of aliphatic hydroxyl groups excluding tert-OH is 4. The molecule has 12 fully saturated rings. The molecule has 26 heteroatoms. The van der Waals surface area contributed by atoms with Gasteiger partial charge in [0.2, 0.25) is 17.7 Å². The molecule has 23 nitrogen and oxygen atoms in total. The monoisotopic (exact) mass is 1640 g/mol. The maximum absolute atomic E-state index is 13.4. The van der Waals surface area contributed by atoms with Crippen molar-refractivity contribution in [3.05, 3.63) is 35.9 Å². The Labute approximate surface area is 675 Å². The van der Waals surface area contributed by atoms with Gasteiger partial charge >= 0.3 is 11.9 Å². The first-order valence-corrected chi connectivity index (χ1v) is 48.5. The van der Waals surface area contributed by atoms with E-state index in [1.165, 1.54) is 13.3 Å². The van der Waals surface area contributed by atoms with Gasteiger partial charge in [0.25, 0.3) is 30.4 Å². The Kier molecular flexibility index (Phi) is 28.5. The third kappa shape index (κ3) is 19.9. The Bertz CT molecular complexity index is 3830. The number of amides is 3. The fourth-order valence-electron chi connectivity index (χ4n) is 28.6. The average molecular weight is 1650 g/mol. The number of ether oxygens (including phenoxy) is 2. The van der Waals surface area contributed by atoms with Crippen LogP contribution in [-0.2, 0) is 59.0 Å². The Morgan fingerprint density at radius 3 is 1.04 bits per heavy atom. The summed E-state index contributed by atoms with van der Waals surface area (Å²) in [4.78, 5) is 62.4.